The van der Waals surface area contributed by atoms with Crippen LogP contribution >= 0.6 is 0 Å². The first-order valence-corrected chi connectivity index (χ1v) is 11.6. The van der Waals surface area contributed by atoms with Crippen LogP contribution in [0.3, 0.4) is 0 Å². The summed E-state index contributed by atoms with van der Waals surface area (Å²) in [6.45, 7) is 4.42. The van der Waals surface area contributed by atoms with Crippen LogP contribution in [0.5, 0.6) is 0 Å². The predicted octanol–water partition coefficient (Wildman–Crippen LogP) is 4.79. The first kappa shape index (κ1) is 23.6. The Balaban J connectivity index is 1.86. The molecule has 1 fully saturated rings. The lowest BCUT2D eigenvalue weighted by Gasteiger charge is -2.43. The van der Waals surface area contributed by atoms with Gasteiger partial charge in [-0.05, 0) is 30.5 Å². The molecule has 0 bridgehead atoms. The highest BCUT2D eigenvalue weighted by Crippen LogP contribution is 2.42. The molecule has 0 aliphatic carbocycles. The zero-order chi connectivity index (χ0) is 24.2. The first-order chi connectivity index (χ1) is 16.4. The van der Waals surface area contributed by atoms with Crippen LogP contribution in [0.15, 0.2) is 78.9 Å². The van der Waals surface area contributed by atoms with Crippen molar-refractivity contribution in [2.45, 2.75) is 19.8 Å². The van der Waals surface area contributed by atoms with Gasteiger partial charge in [-0.1, -0.05) is 78.9 Å². The zero-order valence-corrected chi connectivity index (χ0v) is 19.5. The number of carboxylic acid groups (broad SMARTS) is 1. The number of Topliss-reactive ketones (excluding diaryl/α,β-unsaturated/α-hetero) is 2. The normalized spacial score (nSPS) is 20.6. The second-order valence-corrected chi connectivity index (χ2v) is 9.08. The summed E-state index contributed by atoms with van der Waals surface area (Å²) in [5.74, 6) is -2.55. The van der Waals surface area contributed by atoms with Crippen LogP contribution < -0.4 is 0 Å². The maximum Gasteiger partial charge on any atom is 0.317 e. The molecule has 0 radical (unpaired) electrons. The lowest BCUT2D eigenvalue weighted by atomic mass is 9.67. The van der Waals surface area contributed by atoms with Crippen LogP contribution in [-0.4, -0.2) is 47.2 Å². The molecule has 0 amide bonds. The number of likely N-dealkylation sites (tertiary alicyclic amines) is 1. The fourth-order valence-electron chi connectivity index (χ4n) is 5.15. The predicted molar refractivity (Wildman–Crippen MR) is 131 cm³/mol. The van der Waals surface area contributed by atoms with Crippen LogP contribution in [0, 0.1) is 25.7 Å². The molecule has 3 atom stereocenters. The Morgan fingerprint density at radius 2 is 1.26 bits per heavy atom. The highest BCUT2D eigenvalue weighted by molar-refractivity contribution is 6.02. The number of piperidine rings is 1. The smallest absolute Gasteiger partial charge is 0.317 e. The molecule has 1 aliphatic heterocycles. The van der Waals surface area contributed by atoms with Gasteiger partial charge < -0.3 is 5.11 Å². The van der Waals surface area contributed by atoms with Crippen molar-refractivity contribution >= 4 is 17.5 Å². The van der Waals surface area contributed by atoms with Crippen LogP contribution in [-0.2, 0) is 4.79 Å². The summed E-state index contributed by atoms with van der Waals surface area (Å²) >= 11 is 0. The SMILES string of the molecule is Cc1cccc(C2[C@@H](C(=O)c3ccccc3)CN(CC(=O)O)C[C@H]2C(=O)c2ccccc2)c1C. The Morgan fingerprint density at radius 1 is 0.765 bits per heavy atom. The Kier molecular flexibility index (Phi) is 7.03. The number of carbonyl (C=O) groups is 3. The van der Waals surface area contributed by atoms with Crippen LogP contribution in [0.1, 0.15) is 43.3 Å². The van der Waals surface area contributed by atoms with Gasteiger partial charge in [0.05, 0.1) is 6.54 Å². The van der Waals surface area contributed by atoms with Crippen molar-refractivity contribution in [1.82, 2.24) is 4.90 Å². The van der Waals surface area contributed by atoms with Crippen LogP contribution in [0.2, 0.25) is 0 Å². The molecule has 5 heteroatoms. The van der Waals surface area contributed by atoms with E-state index in [4.69, 9.17) is 0 Å². The Morgan fingerprint density at radius 3 is 1.74 bits per heavy atom. The van der Waals surface area contributed by atoms with E-state index < -0.39 is 17.8 Å². The average Bonchev–Trinajstić information content (AvgIpc) is 2.85. The zero-order valence-electron chi connectivity index (χ0n) is 19.5. The summed E-state index contributed by atoms with van der Waals surface area (Å²) < 4.78 is 0. The van der Waals surface area contributed by atoms with E-state index in [0.717, 1.165) is 16.7 Å². The van der Waals surface area contributed by atoms with Gasteiger partial charge >= 0.3 is 5.97 Å². The highest BCUT2D eigenvalue weighted by atomic mass is 16.4. The third-order valence-electron chi connectivity index (χ3n) is 6.93. The average molecular weight is 456 g/mol. The Bertz CT molecular complexity index is 1130. The largest absolute Gasteiger partial charge is 0.480 e. The lowest BCUT2D eigenvalue weighted by molar-refractivity contribution is -0.139. The van der Waals surface area contributed by atoms with E-state index in [-0.39, 0.29) is 37.1 Å². The van der Waals surface area contributed by atoms with Crippen molar-refractivity contribution in [2.24, 2.45) is 11.8 Å². The van der Waals surface area contributed by atoms with Crippen molar-refractivity contribution < 1.29 is 19.5 Å². The Hall–Kier alpha value is -3.57. The fourth-order valence-corrected chi connectivity index (χ4v) is 5.15. The van der Waals surface area contributed by atoms with Gasteiger partial charge in [-0.25, -0.2) is 0 Å². The number of aryl methyl sites for hydroxylation is 1. The third kappa shape index (κ3) is 4.85. The molecular weight excluding hydrogens is 426 g/mol. The highest BCUT2D eigenvalue weighted by Gasteiger charge is 2.45. The van der Waals surface area contributed by atoms with Crippen molar-refractivity contribution in [3.63, 3.8) is 0 Å². The van der Waals surface area contributed by atoms with Gasteiger partial charge in [0, 0.05) is 42.0 Å². The van der Waals surface area contributed by atoms with Crippen molar-refractivity contribution in [2.75, 3.05) is 19.6 Å². The fraction of sp³-hybridized carbons (Fsp3) is 0.276. The van der Waals surface area contributed by atoms with Crippen molar-refractivity contribution in [3.8, 4) is 0 Å². The molecular formula is C29H29NO4. The van der Waals surface area contributed by atoms with Gasteiger partial charge in [-0.2, -0.15) is 0 Å². The number of benzene rings is 3. The molecule has 1 N–H and O–H groups in total. The van der Waals surface area contributed by atoms with E-state index in [1.807, 2.05) is 68.4 Å². The Labute approximate surface area is 200 Å². The second-order valence-electron chi connectivity index (χ2n) is 9.08. The molecule has 34 heavy (non-hydrogen) atoms. The minimum absolute atomic E-state index is 0.0625. The molecule has 0 spiro atoms. The second kappa shape index (κ2) is 10.1. The number of ketones is 2. The number of nitrogens with zero attached hydrogens (tertiary/aromatic N) is 1. The van der Waals surface area contributed by atoms with E-state index in [1.165, 1.54) is 0 Å². The van der Waals surface area contributed by atoms with Crippen molar-refractivity contribution in [3.05, 3.63) is 107 Å². The molecule has 1 saturated heterocycles. The molecule has 1 heterocycles. The summed E-state index contributed by atoms with van der Waals surface area (Å²) in [4.78, 5) is 41.0. The molecule has 174 valence electrons. The monoisotopic (exact) mass is 455 g/mol. The van der Waals surface area contributed by atoms with Gasteiger partial charge in [-0.3, -0.25) is 19.3 Å². The van der Waals surface area contributed by atoms with Gasteiger partial charge in [0.1, 0.15) is 0 Å². The van der Waals surface area contributed by atoms with E-state index in [1.54, 1.807) is 29.2 Å². The van der Waals surface area contributed by atoms with Crippen LogP contribution in [0.25, 0.3) is 0 Å². The van der Waals surface area contributed by atoms with Gasteiger partial charge in [0.15, 0.2) is 11.6 Å². The van der Waals surface area contributed by atoms with E-state index in [9.17, 15) is 19.5 Å². The number of rotatable bonds is 7. The summed E-state index contributed by atoms with van der Waals surface area (Å²) in [5, 5.41) is 9.50. The molecule has 1 aliphatic rings. The summed E-state index contributed by atoms with van der Waals surface area (Å²) in [6.07, 6.45) is 0. The summed E-state index contributed by atoms with van der Waals surface area (Å²) in [7, 11) is 0. The topological polar surface area (TPSA) is 74.7 Å². The molecule has 1 unspecified atom stereocenters. The number of aliphatic carboxylic acids is 1. The maximum atomic E-state index is 13.8. The maximum absolute atomic E-state index is 13.8. The van der Waals surface area contributed by atoms with E-state index >= 15 is 0 Å². The van der Waals surface area contributed by atoms with Gasteiger partial charge in [0.2, 0.25) is 0 Å². The minimum atomic E-state index is -0.970. The number of carbonyl (C=O) groups excluding carboxylic acids is 2. The van der Waals surface area contributed by atoms with E-state index in [0.29, 0.717) is 11.1 Å². The molecule has 3 aromatic carbocycles. The molecule has 0 aromatic heterocycles. The van der Waals surface area contributed by atoms with Crippen molar-refractivity contribution in [1.29, 1.82) is 0 Å². The quantitative estimate of drug-likeness (QED) is 0.519. The molecule has 5 nitrogen and oxygen atoms in total. The number of hydrogen-bond donors (Lipinski definition) is 1. The third-order valence-corrected chi connectivity index (χ3v) is 6.93. The molecule has 4 rings (SSSR count). The number of carboxylic acids is 1. The standard InChI is InChI=1S/C29H29NO4/c1-19-10-9-15-23(20(19)2)27-24(28(33)21-11-5-3-6-12-21)16-30(18-26(31)32)17-25(27)29(34)22-13-7-4-8-14-22/h3-15,24-25,27H,16-18H2,1-2H3,(H,31,32)/t24-,25+,27?. The van der Waals surface area contributed by atoms with E-state index in [2.05, 4.69) is 0 Å². The van der Waals surface area contributed by atoms with Crippen LogP contribution in [0.4, 0.5) is 0 Å². The molecule has 0 saturated carbocycles. The molecule has 3 aromatic rings. The number of hydrogen-bond acceptors (Lipinski definition) is 4. The van der Waals surface area contributed by atoms with Gasteiger partial charge in [0.25, 0.3) is 0 Å². The summed E-state index contributed by atoms with van der Waals surface area (Å²) in [5.41, 5.74) is 4.30. The van der Waals surface area contributed by atoms with Gasteiger partial charge in [-0.15, -0.1) is 0 Å². The lowest BCUT2D eigenvalue weighted by Crippen LogP contribution is -2.51. The minimum Gasteiger partial charge on any atom is -0.480 e. The first-order valence-electron chi connectivity index (χ1n) is 11.6. The summed E-state index contributed by atoms with van der Waals surface area (Å²) in [6, 6.07) is 24.2.